The van der Waals surface area contributed by atoms with Crippen molar-refractivity contribution < 1.29 is 15.0 Å². The van der Waals surface area contributed by atoms with E-state index < -0.39 is 0 Å². The Labute approximate surface area is 110 Å². The number of nitrogens with zero attached hydrogens (tertiary/aromatic N) is 3. The smallest absolute Gasteiger partial charge is 0.254 e. The largest absolute Gasteiger partial charge is 0.508 e. The fraction of sp³-hybridized carbons (Fsp3) is 0.231. The normalized spacial score (nSPS) is 10.4. The number of hydrogen-bond donors (Lipinski definition) is 2. The van der Waals surface area contributed by atoms with Crippen molar-refractivity contribution in [2.45, 2.75) is 6.54 Å². The first-order valence-corrected chi connectivity index (χ1v) is 5.71. The molecule has 0 aliphatic carbocycles. The summed E-state index contributed by atoms with van der Waals surface area (Å²) in [6.07, 6.45) is 3.51. The van der Waals surface area contributed by atoms with E-state index in [9.17, 15) is 15.0 Å². The molecule has 0 saturated heterocycles. The summed E-state index contributed by atoms with van der Waals surface area (Å²) in [7, 11) is 3.45. The highest BCUT2D eigenvalue weighted by molar-refractivity contribution is 5.94. The molecule has 2 aromatic rings. The highest BCUT2D eigenvalue weighted by Gasteiger charge is 2.14. The predicted octanol–water partition coefficient (Wildman–Crippen LogP) is 1.10. The molecule has 1 aromatic heterocycles. The van der Waals surface area contributed by atoms with Crippen molar-refractivity contribution in [3.05, 3.63) is 41.7 Å². The summed E-state index contributed by atoms with van der Waals surface area (Å²) >= 11 is 0. The second-order valence-corrected chi connectivity index (χ2v) is 4.42. The molecule has 1 heterocycles. The summed E-state index contributed by atoms with van der Waals surface area (Å²) < 4.78 is 1.66. The molecule has 100 valence electrons. The maximum atomic E-state index is 12.1. The number of amides is 1. The zero-order valence-electron chi connectivity index (χ0n) is 10.7. The van der Waals surface area contributed by atoms with Crippen LogP contribution in [0.2, 0.25) is 0 Å². The van der Waals surface area contributed by atoms with Gasteiger partial charge < -0.3 is 15.1 Å². The van der Waals surface area contributed by atoms with Gasteiger partial charge in [0.1, 0.15) is 11.5 Å². The number of benzene rings is 1. The van der Waals surface area contributed by atoms with Crippen LogP contribution in [0.25, 0.3) is 0 Å². The van der Waals surface area contributed by atoms with Crippen molar-refractivity contribution in [3.63, 3.8) is 0 Å². The lowest BCUT2D eigenvalue weighted by Crippen LogP contribution is -2.25. The fourth-order valence-electron chi connectivity index (χ4n) is 1.84. The molecule has 0 fully saturated rings. The van der Waals surface area contributed by atoms with Crippen LogP contribution in [-0.2, 0) is 13.6 Å². The van der Waals surface area contributed by atoms with Crippen LogP contribution in [0.1, 0.15) is 15.9 Å². The third kappa shape index (κ3) is 3.04. The van der Waals surface area contributed by atoms with Gasteiger partial charge >= 0.3 is 0 Å². The highest BCUT2D eigenvalue weighted by Crippen LogP contribution is 2.21. The summed E-state index contributed by atoms with van der Waals surface area (Å²) in [6.45, 7) is 0.406. The summed E-state index contributed by atoms with van der Waals surface area (Å²) in [4.78, 5) is 13.6. The molecule has 6 nitrogen and oxygen atoms in total. The number of carbonyl (C=O) groups excluding carboxylic acids is 1. The number of aromatic nitrogens is 2. The molecule has 0 atom stereocenters. The first-order chi connectivity index (χ1) is 8.95. The Kier molecular flexibility index (Phi) is 3.41. The SMILES string of the molecule is CN(Cc1cnn(C)c1)C(=O)c1cc(O)cc(O)c1. The van der Waals surface area contributed by atoms with Gasteiger partial charge in [0, 0.05) is 44.0 Å². The van der Waals surface area contributed by atoms with Gasteiger partial charge in [0.25, 0.3) is 5.91 Å². The van der Waals surface area contributed by atoms with E-state index in [1.54, 1.807) is 25.0 Å². The lowest BCUT2D eigenvalue weighted by Gasteiger charge is -2.16. The van der Waals surface area contributed by atoms with Crippen LogP contribution in [0, 0.1) is 0 Å². The molecule has 0 aliphatic heterocycles. The number of aromatic hydroxyl groups is 2. The van der Waals surface area contributed by atoms with Crippen molar-refractivity contribution in [2.75, 3.05) is 7.05 Å². The van der Waals surface area contributed by atoms with Crippen LogP contribution in [-0.4, -0.2) is 37.8 Å². The topological polar surface area (TPSA) is 78.6 Å². The van der Waals surface area contributed by atoms with Crippen molar-refractivity contribution in [1.29, 1.82) is 0 Å². The minimum Gasteiger partial charge on any atom is -0.508 e. The Morgan fingerprint density at radius 2 is 1.95 bits per heavy atom. The molecule has 0 bridgehead atoms. The number of hydrogen-bond acceptors (Lipinski definition) is 4. The second-order valence-electron chi connectivity index (χ2n) is 4.42. The molecule has 1 amide bonds. The van der Waals surface area contributed by atoms with Crippen molar-refractivity contribution in [2.24, 2.45) is 7.05 Å². The Morgan fingerprint density at radius 3 is 2.47 bits per heavy atom. The molecule has 0 spiro atoms. The number of rotatable bonds is 3. The Hall–Kier alpha value is -2.50. The predicted molar refractivity (Wildman–Crippen MR) is 68.8 cm³/mol. The average molecular weight is 261 g/mol. The van der Waals surface area contributed by atoms with Crippen molar-refractivity contribution in [1.82, 2.24) is 14.7 Å². The molecule has 0 aliphatic rings. The molecule has 2 rings (SSSR count). The molecule has 0 saturated carbocycles. The molecule has 1 aromatic carbocycles. The Morgan fingerprint density at radius 1 is 1.32 bits per heavy atom. The summed E-state index contributed by atoms with van der Waals surface area (Å²) in [5.41, 5.74) is 1.15. The maximum absolute atomic E-state index is 12.1. The van der Waals surface area contributed by atoms with E-state index >= 15 is 0 Å². The van der Waals surface area contributed by atoms with Crippen molar-refractivity contribution in [3.8, 4) is 11.5 Å². The lowest BCUT2D eigenvalue weighted by molar-refractivity contribution is 0.0784. The van der Waals surface area contributed by atoms with E-state index in [1.807, 2.05) is 6.20 Å². The van der Waals surface area contributed by atoms with E-state index in [2.05, 4.69) is 5.10 Å². The van der Waals surface area contributed by atoms with Crippen LogP contribution in [0.3, 0.4) is 0 Å². The molecule has 2 N–H and O–H groups in total. The number of phenols is 2. The van der Waals surface area contributed by atoms with Crippen molar-refractivity contribution >= 4 is 5.91 Å². The summed E-state index contributed by atoms with van der Waals surface area (Å²) in [6, 6.07) is 3.82. The second kappa shape index (κ2) is 5.01. The number of carbonyl (C=O) groups is 1. The molecule has 0 unspecified atom stereocenters. The van der Waals surface area contributed by atoms with Gasteiger partial charge in [-0.3, -0.25) is 9.48 Å². The van der Waals surface area contributed by atoms with Gasteiger partial charge in [-0.25, -0.2) is 0 Å². The first kappa shape index (κ1) is 12.9. The number of phenolic OH excluding ortho intramolecular Hbond substituents is 2. The molecular weight excluding hydrogens is 246 g/mol. The minimum absolute atomic E-state index is 0.141. The third-order valence-electron chi connectivity index (χ3n) is 2.67. The van der Waals surface area contributed by atoms with Gasteiger partial charge in [0.15, 0.2) is 0 Å². The number of aryl methyl sites for hydroxylation is 1. The molecule has 6 heteroatoms. The Balaban J connectivity index is 2.14. The van der Waals surface area contributed by atoms with Crippen LogP contribution in [0.4, 0.5) is 0 Å². The lowest BCUT2D eigenvalue weighted by atomic mass is 10.1. The van der Waals surface area contributed by atoms with E-state index in [4.69, 9.17) is 0 Å². The monoisotopic (exact) mass is 261 g/mol. The third-order valence-corrected chi connectivity index (χ3v) is 2.67. The van der Waals surface area contributed by atoms with Crippen LogP contribution < -0.4 is 0 Å². The van der Waals surface area contributed by atoms with Gasteiger partial charge in [-0.05, 0) is 12.1 Å². The van der Waals surface area contributed by atoms with Gasteiger partial charge in [0.2, 0.25) is 0 Å². The zero-order chi connectivity index (χ0) is 14.0. The molecule has 0 radical (unpaired) electrons. The van der Waals surface area contributed by atoms with Crippen LogP contribution >= 0.6 is 0 Å². The summed E-state index contributed by atoms with van der Waals surface area (Å²) in [5, 5.41) is 22.8. The van der Waals surface area contributed by atoms with E-state index in [0.717, 1.165) is 5.56 Å². The average Bonchev–Trinajstić information content (AvgIpc) is 2.72. The quantitative estimate of drug-likeness (QED) is 0.867. The van der Waals surface area contributed by atoms with Crippen LogP contribution in [0.15, 0.2) is 30.6 Å². The van der Waals surface area contributed by atoms with Gasteiger partial charge in [0.05, 0.1) is 6.20 Å². The van der Waals surface area contributed by atoms with E-state index in [-0.39, 0.29) is 23.0 Å². The first-order valence-electron chi connectivity index (χ1n) is 5.71. The standard InChI is InChI=1S/C13H15N3O3/c1-15(7-9-6-14-16(2)8-9)13(19)10-3-11(17)5-12(18)4-10/h3-6,8,17-18H,7H2,1-2H3. The van der Waals surface area contributed by atoms with E-state index in [1.165, 1.54) is 23.1 Å². The molecular formula is C13H15N3O3. The van der Waals surface area contributed by atoms with E-state index in [0.29, 0.717) is 6.54 Å². The maximum Gasteiger partial charge on any atom is 0.254 e. The van der Waals surface area contributed by atoms with Gasteiger partial charge in [-0.15, -0.1) is 0 Å². The highest BCUT2D eigenvalue weighted by atomic mass is 16.3. The molecule has 19 heavy (non-hydrogen) atoms. The minimum atomic E-state index is -0.282. The summed E-state index contributed by atoms with van der Waals surface area (Å²) in [5.74, 6) is -0.564. The zero-order valence-corrected chi connectivity index (χ0v) is 10.7. The van der Waals surface area contributed by atoms with Crippen LogP contribution in [0.5, 0.6) is 11.5 Å². The Bertz CT molecular complexity index is 587. The fourth-order valence-corrected chi connectivity index (χ4v) is 1.84. The van der Waals surface area contributed by atoms with Gasteiger partial charge in [-0.2, -0.15) is 5.10 Å². The van der Waals surface area contributed by atoms with Gasteiger partial charge in [-0.1, -0.05) is 0 Å².